The SMILES string of the molecule is CN(C(N)=NCCCOc1ccc(Cl)cc1Cl)C1CC1.I. The first-order valence-corrected chi connectivity index (χ1v) is 7.44. The molecule has 0 heterocycles. The monoisotopic (exact) mass is 443 g/mol. The Kier molecular flexibility index (Phi) is 7.90. The molecular formula is C14H20Cl2IN3O. The Hall–Kier alpha value is -0.400. The lowest BCUT2D eigenvalue weighted by Crippen LogP contribution is -2.35. The molecule has 1 aliphatic carbocycles. The van der Waals surface area contributed by atoms with Gasteiger partial charge in [0.15, 0.2) is 5.96 Å². The van der Waals surface area contributed by atoms with Gasteiger partial charge in [-0.1, -0.05) is 23.2 Å². The molecule has 2 rings (SSSR count). The Morgan fingerprint density at radius 2 is 2.14 bits per heavy atom. The van der Waals surface area contributed by atoms with Gasteiger partial charge in [0.05, 0.1) is 11.6 Å². The largest absolute Gasteiger partial charge is 0.492 e. The van der Waals surface area contributed by atoms with Gasteiger partial charge in [-0.2, -0.15) is 0 Å². The van der Waals surface area contributed by atoms with Crippen LogP contribution in [0.4, 0.5) is 0 Å². The molecule has 1 saturated carbocycles. The van der Waals surface area contributed by atoms with Crippen LogP contribution in [0.2, 0.25) is 10.0 Å². The van der Waals surface area contributed by atoms with Gasteiger partial charge in [0, 0.05) is 31.1 Å². The molecule has 4 nitrogen and oxygen atoms in total. The molecular weight excluding hydrogens is 424 g/mol. The van der Waals surface area contributed by atoms with Gasteiger partial charge in [-0.3, -0.25) is 4.99 Å². The van der Waals surface area contributed by atoms with Gasteiger partial charge in [0.2, 0.25) is 0 Å². The molecule has 21 heavy (non-hydrogen) atoms. The van der Waals surface area contributed by atoms with Gasteiger partial charge in [0.25, 0.3) is 0 Å². The molecule has 1 fully saturated rings. The van der Waals surface area contributed by atoms with Gasteiger partial charge in [-0.25, -0.2) is 0 Å². The summed E-state index contributed by atoms with van der Waals surface area (Å²) in [6, 6.07) is 5.77. The van der Waals surface area contributed by atoms with Crippen molar-refractivity contribution in [1.82, 2.24) is 4.90 Å². The third-order valence-electron chi connectivity index (χ3n) is 3.18. The maximum Gasteiger partial charge on any atom is 0.191 e. The smallest absolute Gasteiger partial charge is 0.191 e. The van der Waals surface area contributed by atoms with Crippen molar-refractivity contribution in [3.63, 3.8) is 0 Å². The van der Waals surface area contributed by atoms with Crippen LogP contribution in [-0.4, -0.2) is 37.1 Å². The van der Waals surface area contributed by atoms with Crippen molar-refractivity contribution in [3.05, 3.63) is 28.2 Å². The maximum atomic E-state index is 6.01. The fraction of sp³-hybridized carbons (Fsp3) is 0.500. The van der Waals surface area contributed by atoms with Crippen LogP contribution < -0.4 is 10.5 Å². The molecule has 0 spiro atoms. The Morgan fingerprint density at radius 3 is 2.76 bits per heavy atom. The summed E-state index contributed by atoms with van der Waals surface area (Å²) in [4.78, 5) is 6.38. The summed E-state index contributed by atoms with van der Waals surface area (Å²) >= 11 is 11.8. The van der Waals surface area contributed by atoms with E-state index in [2.05, 4.69) is 4.99 Å². The second-order valence-electron chi connectivity index (χ2n) is 4.86. The van der Waals surface area contributed by atoms with Crippen LogP contribution in [0.25, 0.3) is 0 Å². The Balaban J connectivity index is 0.00000220. The Bertz CT molecular complexity index is 495. The molecule has 118 valence electrons. The van der Waals surface area contributed by atoms with E-state index in [0.29, 0.717) is 40.9 Å². The second-order valence-corrected chi connectivity index (χ2v) is 5.70. The van der Waals surface area contributed by atoms with E-state index in [1.54, 1.807) is 18.2 Å². The molecule has 1 aliphatic rings. The lowest BCUT2D eigenvalue weighted by molar-refractivity contribution is 0.313. The summed E-state index contributed by atoms with van der Waals surface area (Å²) < 4.78 is 5.58. The highest BCUT2D eigenvalue weighted by atomic mass is 127. The zero-order valence-corrected chi connectivity index (χ0v) is 15.7. The van der Waals surface area contributed by atoms with Crippen LogP contribution >= 0.6 is 47.2 Å². The number of aliphatic imine (C=N–C) groups is 1. The van der Waals surface area contributed by atoms with Crippen molar-refractivity contribution < 1.29 is 4.74 Å². The Labute approximate surface area is 152 Å². The minimum Gasteiger partial charge on any atom is -0.492 e. The lowest BCUT2D eigenvalue weighted by atomic mass is 10.3. The van der Waals surface area contributed by atoms with Gasteiger partial charge >= 0.3 is 0 Å². The van der Waals surface area contributed by atoms with Crippen LogP contribution in [0.15, 0.2) is 23.2 Å². The molecule has 1 aromatic rings. The van der Waals surface area contributed by atoms with E-state index in [-0.39, 0.29) is 24.0 Å². The summed E-state index contributed by atoms with van der Waals surface area (Å²) in [5.74, 6) is 1.25. The highest BCUT2D eigenvalue weighted by molar-refractivity contribution is 14.0. The van der Waals surface area contributed by atoms with Gasteiger partial charge in [0.1, 0.15) is 5.75 Å². The first-order chi connectivity index (χ1) is 9.58. The van der Waals surface area contributed by atoms with E-state index in [1.165, 1.54) is 12.8 Å². The normalized spacial score (nSPS) is 14.5. The highest BCUT2D eigenvalue weighted by Crippen LogP contribution is 2.27. The molecule has 0 radical (unpaired) electrons. The zero-order valence-electron chi connectivity index (χ0n) is 11.9. The summed E-state index contributed by atoms with van der Waals surface area (Å²) in [6.45, 7) is 1.19. The van der Waals surface area contributed by atoms with Crippen LogP contribution in [0.5, 0.6) is 5.75 Å². The topological polar surface area (TPSA) is 50.8 Å². The number of halogens is 3. The Morgan fingerprint density at radius 1 is 1.43 bits per heavy atom. The number of nitrogens with zero attached hydrogens (tertiary/aromatic N) is 2. The summed E-state index contributed by atoms with van der Waals surface area (Å²) in [5, 5.41) is 1.12. The minimum absolute atomic E-state index is 0. The summed E-state index contributed by atoms with van der Waals surface area (Å²) in [6.07, 6.45) is 3.22. The molecule has 0 aliphatic heterocycles. The zero-order chi connectivity index (χ0) is 14.5. The van der Waals surface area contributed by atoms with E-state index in [4.69, 9.17) is 33.7 Å². The van der Waals surface area contributed by atoms with E-state index in [9.17, 15) is 0 Å². The van der Waals surface area contributed by atoms with Gasteiger partial charge < -0.3 is 15.4 Å². The molecule has 0 amide bonds. The van der Waals surface area contributed by atoms with Gasteiger partial charge in [-0.15, -0.1) is 24.0 Å². The van der Waals surface area contributed by atoms with Crippen molar-refractivity contribution >= 4 is 53.1 Å². The quantitative estimate of drug-likeness (QED) is 0.315. The van der Waals surface area contributed by atoms with E-state index in [1.807, 2.05) is 11.9 Å². The molecule has 1 aromatic carbocycles. The van der Waals surface area contributed by atoms with Crippen LogP contribution in [0.1, 0.15) is 19.3 Å². The van der Waals surface area contributed by atoms with Crippen LogP contribution in [-0.2, 0) is 0 Å². The number of hydrogen-bond acceptors (Lipinski definition) is 2. The lowest BCUT2D eigenvalue weighted by Gasteiger charge is -2.16. The maximum absolute atomic E-state index is 6.01. The number of nitrogens with two attached hydrogens (primary N) is 1. The fourth-order valence-corrected chi connectivity index (χ4v) is 2.26. The third-order valence-corrected chi connectivity index (χ3v) is 3.71. The number of guanidine groups is 1. The summed E-state index contributed by atoms with van der Waals surface area (Å²) in [5.41, 5.74) is 5.89. The van der Waals surface area contributed by atoms with E-state index < -0.39 is 0 Å². The van der Waals surface area contributed by atoms with Crippen molar-refractivity contribution in [2.75, 3.05) is 20.2 Å². The third kappa shape index (κ3) is 6.08. The molecule has 0 atom stereocenters. The fourth-order valence-electron chi connectivity index (χ4n) is 1.79. The minimum atomic E-state index is 0. The standard InChI is InChI=1S/C14H19Cl2N3O.HI/c1-19(11-4-5-11)14(17)18-7-2-8-20-13-6-3-10(15)9-12(13)16;/h3,6,9,11H,2,4-5,7-8H2,1H3,(H2,17,18);1H. The average Bonchev–Trinajstić information content (AvgIpc) is 3.24. The predicted octanol–water partition coefficient (Wildman–Crippen LogP) is 3.79. The molecule has 7 heteroatoms. The molecule has 0 aromatic heterocycles. The number of hydrogen-bond donors (Lipinski definition) is 1. The van der Waals surface area contributed by atoms with Gasteiger partial charge in [-0.05, 0) is 31.0 Å². The molecule has 0 unspecified atom stereocenters. The first kappa shape index (κ1) is 18.6. The molecule has 2 N–H and O–H groups in total. The van der Waals surface area contributed by atoms with Crippen molar-refractivity contribution in [2.24, 2.45) is 10.7 Å². The van der Waals surface area contributed by atoms with Crippen molar-refractivity contribution in [1.29, 1.82) is 0 Å². The predicted molar refractivity (Wildman–Crippen MR) is 99.3 cm³/mol. The number of ether oxygens (including phenoxy) is 1. The number of benzene rings is 1. The van der Waals surface area contributed by atoms with Crippen LogP contribution in [0.3, 0.4) is 0 Å². The van der Waals surface area contributed by atoms with Crippen LogP contribution in [0, 0.1) is 0 Å². The molecule has 0 bridgehead atoms. The van der Waals surface area contributed by atoms with Crippen molar-refractivity contribution in [3.8, 4) is 5.75 Å². The van der Waals surface area contributed by atoms with Crippen molar-refractivity contribution in [2.45, 2.75) is 25.3 Å². The number of rotatable bonds is 6. The summed E-state index contributed by atoms with van der Waals surface area (Å²) in [7, 11) is 1.99. The second kappa shape index (κ2) is 8.90. The highest BCUT2D eigenvalue weighted by Gasteiger charge is 2.27. The van der Waals surface area contributed by atoms with E-state index in [0.717, 1.165) is 6.42 Å². The molecule has 0 saturated heterocycles. The average molecular weight is 444 g/mol. The first-order valence-electron chi connectivity index (χ1n) is 6.68. The van der Waals surface area contributed by atoms with E-state index >= 15 is 0 Å².